The van der Waals surface area contributed by atoms with Crippen molar-refractivity contribution in [2.24, 2.45) is 0 Å². The monoisotopic (exact) mass is 311 g/mol. The minimum atomic E-state index is -0.449. The molecule has 0 radical (unpaired) electrons. The second-order valence-electron chi connectivity index (χ2n) is 5.77. The van der Waals surface area contributed by atoms with Crippen molar-refractivity contribution in [2.45, 2.75) is 18.8 Å². The fraction of sp³-hybridized carbons (Fsp3) is 0.312. The summed E-state index contributed by atoms with van der Waals surface area (Å²) in [6.07, 6.45) is 7.38. The van der Waals surface area contributed by atoms with Gasteiger partial charge in [0.25, 0.3) is 5.56 Å². The molecule has 1 fully saturated rings. The third-order valence-corrected chi connectivity index (χ3v) is 4.36. The zero-order chi connectivity index (χ0) is 15.8. The highest BCUT2D eigenvalue weighted by Crippen LogP contribution is 2.26. The molecule has 118 valence electrons. The maximum atomic E-state index is 12.1. The van der Waals surface area contributed by atoms with Gasteiger partial charge in [0.1, 0.15) is 5.82 Å². The number of hydrogen-bond acceptors (Lipinski definition) is 4. The number of piperidine rings is 1. The summed E-state index contributed by atoms with van der Waals surface area (Å²) in [7, 11) is 0. The van der Waals surface area contributed by atoms with Gasteiger partial charge in [0.15, 0.2) is 0 Å². The van der Waals surface area contributed by atoms with Crippen molar-refractivity contribution in [1.29, 1.82) is 0 Å². The van der Waals surface area contributed by atoms with Crippen LogP contribution in [-0.4, -0.2) is 32.0 Å². The molecule has 7 heteroatoms. The molecule has 7 nitrogen and oxygen atoms in total. The van der Waals surface area contributed by atoms with Gasteiger partial charge in [-0.05, 0) is 38.1 Å². The molecule has 4 heterocycles. The van der Waals surface area contributed by atoms with Crippen molar-refractivity contribution in [1.82, 2.24) is 24.3 Å². The van der Waals surface area contributed by atoms with E-state index in [9.17, 15) is 9.59 Å². The molecule has 3 aromatic rings. The third-order valence-electron chi connectivity index (χ3n) is 4.36. The van der Waals surface area contributed by atoms with Crippen LogP contribution < -0.4 is 16.6 Å². The molecule has 0 saturated carbocycles. The Morgan fingerprint density at radius 3 is 2.74 bits per heavy atom. The van der Waals surface area contributed by atoms with Crippen LogP contribution >= 0.6 is 0 Å². The van der Waals surface area contributed by atoms with Gasteiger partial charge in [-0.1, -0.05) is 0 Å². The number of fused-ring (bicyclic) bond motifs is 1. The molecule has 2 N–H and O–H groups in total. The van der Waals surface area contributed by atoms with Gasteiger partial charge in [-0.25, -0.2) is 9.78 Å². The largest absolute Gasteiger partial charge is 0.332 e. The summed E-state index contributed by atoms with van der Waals surface area (Å²) in [6, 6.07) is 5.09. The molecule has 1 aliphatic rings. The van der Waals surface area contributed by atoms with Crippen molar-refractivity contribution in [3.63, 3.8) is 0 Å². The van der Waals surface area contributed by atoms with Crippen molar-refractivity contribution < 1.29 is 0 Å². The zero-order valence-electron chi connectivity index (χ0n) is 12.5. The fourth-order valence-corrected chi connectivity index (χ4v) is 3.22. The number of hydrogen-bond donors (Lipinski definition) is 2. The van der Waals surface area contributed by atoms with Crippen LogP contribution in [0.25, 0.3) is 11.2 Å². The summed E-state index contributed by atoms with van der Waals surface area (Å²) in [4.78, 5) is 30.2. The molecule has 23 heavy (non-hydrogen) atoms. The first-order valence-corrected chi connectivity index (χ1v) is 7.73. The van der Waals surface area contributed by atoms with Gasteiger partial charge in [-0.3, -0.25) is 14.3 Å². The first-order valence-electron chi connectivity index (χ1n) is 7.73. The normalized spacial score (nSPS) is 16.0. The van der Waals surface area contributed by atoms with E-state index < -0.39 is 11.2 Å². The highest BCUT2D eigenvalue weighted by molar-refractivity contribution is 5.64. The summed E-state index contributed by atoms with van der Waals surface area (Å²) in [6.45, 7) is 2.00. The van der Waals surface area contributed by atoms with E-state index in [4.69, 9.17) is 0 Å². The average molecular weight is 311 g/mol. The van der Waals surface area contributed by atoms with Crippen molar-refractivity contribution in [2.75, 3.05) is 13.1 Å². The van der Waals surface area contributed by atoms with Crippen LogP contribution in [0.3, 0.4) is 0 Å². The van der Waals surface area contributed by atoms with Crippen LogP contribution in [0.15, 0.2) is 46.4 Å². The number of aromatic amines is 1. The van der Waals surface area contributed by atoms with Gasteiger partial charge in [-0.15, -0.1) is 0 Å². The number of pyridine rings is 1. The van der Waals surface area contributed by atoms with Crippen molar-refractivity contribution in [3.05, 3.63) is 63.5 Å². The molecule has 0 spiro atoms. The van der Waals surface area contributed by atoms with Crippen molar-refractivity contribution >= 4 is 5.52 Å². The van der Waals surface area contributed by atoms with Gasteiger partial charge in [0.2, 0.25) is 0 Å². The number of H-pyrrole nitrogens is 1. The Hall–Kier alpha value is -2.67. The van der Waals surface area contributed by atoms with Crippen LogP contribution in [0.4, 0.5) is 0 Å². The molecular formula is C16H17N5O2. The lowest BCUT2D eigenvalue weighted by atomic mass is 9.97. The molecule has 0 unspecified atom stereocenters. The predicted molar refractivity (Wildman–Crippen MR) is 86.3 cm³/mol. The number of imidazole rings is 1. The van der Waals surface area contributed by atoms with E-state index in [0.717, 1.165) is 37.3 Å². The highest BCUT2D eigenvalue weighted by Gasteiger charge is 2.20. The third kappa shape index (κ3) is 2.39. The number of aromatic nitrogens is 4. The average Bonchev–Trinajstić information content (AvgIpc) is 3.00. The Bertz CT molecular complexity index is 962. The van der Waals surface area contributed by atoms with E-state index in [1.165, 1.54) is 16.8 Å². The lowest BCUT2D eigenvalue weighted by Crippen LogP contribution is -2.28. The zero-order valence-corrected chi connectivity index (χ0v) is 12.5. The molecule has 0 amide bonds. The fourth-order valence-electron chi connectivity index (χ4n) is 3.22. The molecule has 0 atom stereocenters. The number of rotatable bonds is 2. The minimum Gasteiger partial charge on any atom is -0.317 e. The summed E-state index contributed by atoms with van der Waals surface area (Å²) >= 11 is 0. The second-order valence-corrected chi connectivity index (χ2v) is 5.77. The van der Waals surface area contributed by atoms with Crippen LogP contribution in [0.2, 0.25) is 0 Å². The lowest BCUT2D eigenvalue weighted by molar-refractivity contribution is 0.444. The molecule has 0 bridgehead atoms. The van der Waals surface area contributed by atoms with Gasteiger partial charge in [-0.2, -0.15) is 0 Å². The molecule has 4 rings (SSSR count). The van der Waals surface area contributed by atoms with Crippen LogP contribution in [0, 0.1) is 0 Å². The Labute approximate surface area is 131 Å². The summed E-state index contributed by atoms with van der Waals surface area (Å²) in [5.41, 5.74) is 0.717. The number of nitrogens with zero attached hydrogens (tertiary/aromatic N) is 3. The predicted octanol–water partition coefficient (Wildman–Crippen LogP) is 0.640. The molecule has 1 aliphatic heterocycles. The van der Waals surface area contributed by atoms with Crippen LogP contribution in [-0.2, 0) is 0 Å². The van der Waals surface area contributed by atoms with Gasteiger partial charge in [0, 0.05) is 24.4 Å². The standard InChI is InChI=1S/C16H17N5O2/c22-14-5-9-21(16(23)19-14)12-2-1-8-20-13(12)10-18-15(20)11-3-6-17-7-4-11/h1-2,5,8-11,17H,3-4,6-7H2,(H,19,22,23). The summed E-state index contributed by atoms with van der Waals surface area (Å²) in [5.74, 6) is 1.45. The smallest absolute Gasteiger partial charge is 0.317 e. The van der Waals surface area contributed by atoms with E-state index in [1.54, 1.807) is 6.20 Å². The molecule has 1 saturated heterocycles. The quantitative estimate of drug-likeness (QED) is 0.727. The lowest BCUT2D eigenvalue weighted by Gasteiger charge is -2.21. The van der Waals surface area contributed by atoms with Gasteiger partial charge < -0.3 is 9.72 Å². The molecule has 0 aliphatic carbocycles. The first-order chi connectivity index (χ1) is 11.2. The summed E-state index contributed by atoms with van der Waals surface area (Å²) < 4.78 is 3.48. The Morgan fingerprint density at radius 2 is 1.96 bits per heavy atom. The summed E-state index contributed by atoms with van der Waals surface area (Å²) in [5, 5.41) is 3.36. The van der Waals surface area contributed by atoms with Crippen molar-refractivity contribution in [3.8, 4) is 5.69 Å². The molecular weight excluding hydrogens is 294 g/mol. The van der Waals surface area contributed by atoms with Crippen LogP contribution in [0.5, 0.6) is 0 Å². The topological polar surface area (TPSA) is 84.2 Å². The van der Waals surface area contributed by atoms with E-state index in [1.807, 2.05) is 22.7 Å². The van der Waals surface area contributed by atoms with E-state index >= 15 is 0 Å². The SMILES string of the molecule is O=c1ccn(-c2cccn3c(C4CCNCC4)ncc23)c(=O)[nH]1. The Morgan fingerprint density at radius 1 is 1.13 bits per heavy atom. The molecule has 0 aromatic carbocycles. The highest BCUT2D eigenvalue weighted by atomic mass is 16.2. The minimum absolute atomic E-state index is 0.401. The Balaban J connectivity index is 1.87. The molecule has 3 aromatic heterocycles. The van der Waals surface area contributed by atoms with Gasteiger partial charge in [0.05, 0.1) is 17.4 Å². The van der Waals surface area contributed by atoms with Gasteiger partial charge >= 0.3 is 5.69 Å². The maximum absolute atomic E-state index is 12.1. The first kappa shape index (κ1) is 14.0. The van der Waals surface area contributed by atoms with E-state index in [-0.39, 0.29) is 0 Å². The Kier molecular flexibility index (Phi) is 3.34. The van der Waals surface area contributed by atoms with E-state index in [0.29, 0.717) is 11.6 Å². The van der Waals surface area contributed by atoms with E-state index in [2.05, 4.69) is 15.3 Å². The van der Waals surface area contributed by atoms with Crippen LogP contribution in [0.1, 0.15) is 24.6 Å². The number of nitrogens with one attached hydrogen (secondary N) is 2. The second kappa shape index (κ2) is 5.51. The maximum Gasteiger partial charge on any atom is 0.332 e.